The van der Waals surface area contributed by atoms with Gasteiger partial charge in [0.2, 0.25) is 0 Å². The fourth-order valence-electron chi connectivity index (χ4n) is 3.60. The topological polar surface area (TPSA) is 69.9 Å². The van der Waals surface area contributed by atoms with Gasteiger partial charge in [-0.25, -0.2) is 14.2 Å². The Kier molecular flexibility index (Phi) is 6.88. The highest BCUT2D eigenvalue weighted by Gasteiger charge is 2.34. The van der Waals surface area contributed by atoms with Gasteiger partial charge in [0.05, 0.1) is 22.4 Å². The molecule has 1 aliphatic heterocycles. The van der Waals surface area contributed by atoms with Gasteiger partial charge in [-0.3, -0.25) is 9.36 Å². The molecular formula is C24H20ClFN2O4S. The first-order valence-corrected chi connectivity index (χ1v) is 11.3. The molecule has 0 saturated carbocycles. The lowest BCUT2D eigenvalue weighted by Gasteiger charge is -2.25. The molecule has 170 valence electrons. The van der Waals surface area contributed by atoms with Gasteiger partial charge in [-0.2, -0.15) is 0 Å². The van der Waals surface area contributed by atoms with Gasteiger partial charge in [-0.05, 0) is 30.7 Å². The number of hydrogen-bond donors (Lipinski definition) is 0. The van der Waals surface area contributed by atoms with E-state index in [9.17, 15) is 14.0 Å². The van der Waals surface area contributed by atoms with Crippen molar-refractivity contribution >= 4 is 35.0 Å². The normalized spacial score (nSPS) is 15.9. The number of nitrogens with zero attached hydrogens (tertiary/aromatic N) is 2. The molecule has 0 N–H and O–H groups in total. The van der Waals surface area contributed by atoms with E-state index >= 15 is 0 Å². The average Bonchev–Trinajstić information content (AvgIpc) is 3.09. The number of rotatable bonds is 6. The first kappa shape index (κ1) is 23.1. The number of methoxy groups -OCH3 is 1. The molecule has 0 saturated heterocycles. The second-order valence-electron chi connectivity index (χ2n) is 7.25. The maximum atomic E-state index is 14.2. The average molecular weight is 487 g/mol. The van der Waals surface area contributed by atoms with Crippen molar-refractivity contribution in [2.24, 2.45) is 4.99 Å². The second kappa shape index (κ2) is 9.82. The van der Waals surface area contributed by atoms with Gasteiger partial charge in [0.15, 0.2) is 4.80 Å². The SMILES string of the molecule is COCCOC(=O)C1=C(C)N=c2sc(=Cc3ccccc3F)c(=O)n2C1c1ccccc1Cl. The summed E-state index contributed by atoms with van der Waals surface area (Å²) in [6.45, 7) is 1.97. The van der Waals surface area contributed by atoms with Crippen molar-refractivity contribution in [2.45, 2.75) is 13.0 Å². The van der Waals surface area contributed by atoms with E-state index in [4.69, 9.17) is 21.1 Å². The Morgan fingerprint density at radius 3 is 2.67 bits per heavy atom. The molecule has 9 heteroatoms. The van der Waals surface area contributed by atoms with Crippen LogP contribution in [0.5, 0.6) is 0 Å². The monoisotopic (exact) mass is 486 g/mol. The minimum absolute atomic E-state index is 0.0546. The number of ether oxygens (including phenoxy) is 2. The van der Waals surface area contributed by atoms with Crippen LogP contribution in [-0.4, -0.2) is 30.9 Å². The Hall–Kier alpha value is -3.07. The third-order valence-corrected chi connectivity index (χ3v) is 6.48. The fraction of sp³-hybridized carbons (Fsp3) is 0.208. The molecule has 2 aromatic carbocycles. The number of halogens is 2. The van der Waals surface area contributed by atoms with Gasteiger partial charge in [-0.1, -0.05) is 59.3 Å². The van der Waals surface area contributed by atoms with E-state index < -0.39 is 23.4 Å². The smallest absolute Gasteiger partial charge is 0.338 e. The molecule has 1 aromatic heterocycles. The van der Waals surface area contributed by atoms with Crippen LogP contribution in [0.2, 0.25) is 5.02 Å². The Labute approximate surface area is 197 Å². The maximum absolute atomic E-state index is 14.2. The van der Waals surface area contributed by atoms with Crippen molar-refractivity contribution in [3.05, 3.63) is 101 Å². The van der Waals surface area contributed by atoms with E-state index in [1.165, 1.54) is 23.8 Å². The van der Waals surface area contributed by atoms with Crippen LogP contribution in [-0.2, 0) is 14.3 Å². The summed E-state index contributed by atoms with van der Waals surface area (Å²) in [5.41, 5.74) is 1.07. The Morgan fingerprint density at radius 1 is 1.21 bits per heavy atom. The van der Waals surface area contributed by atoms with Gasteiger partial charge in [0.25, 0.3) is 5.56 Å². The molecule has 1 atom stereocenters. The van der Waals surface area contributed by atoms with Gasteiger partial charge in [0, 0.05) is 17.7 Å². The van der Waals surface area contributed by atoms with Crippen LogP contribution in [0.3, 0.4) is 0 Å². The van der Waals surface area contributed by atoms with Crippen molar-refractivity contribution in [1.82, 2.24) is 4.57 Å². The summed E-state index contributed by atoms with van der Waals surface area (Å²) < 4.78 is 26.2. The molecule has 0 amide bonds. The Bertz CT molecular complexity index is 1430. The molecule has 3 aromatic rings. The van der Waals surface area contributed by atoms with E-state index in [1.54, 1.807) is 49.4 Å². The zero-order valence-electron chi connectivity index (χ0n) is 17.9. The van der Waals surface area contributed by atoms with Crippen molar-refractivity contribution < 1.29 is 18.7 Å². The minimum atomic E-state index is -0.840. The molecule has 6 nitrogen and oxygen atoms in total. The van der Waals surface area contributed by atoms with Crippen molar-refractivity contribution in [2.75, 3.05) is 20.3 Å². The number of carbonyl (C=O) groups is 1. The lowest BCUT2D eigenvalue weighted by atomic mass is 9.96. The highest BCUT2D eigenvalue weighted by Crippen LogP contribution is 2.34. The number of aromatic nitrogens is 1. The lowest BCUT2D eigenvalue weighted by molar-refractivity contribution is -0.140. The second-order valence-corrected chi connectivity index (χ2v) is 8.67. The Balaban J connectivity index is 1.92. The summed E-state index contributed by atoms with van der Waals surface area (Å²) >= 11 is 7.60. The first-order valence-electron chi connectivity index (χ1n) is 10.1. The number of esters is 1. The molecule has 33 heavy (non-hydrogen) atoms. The summed E-state index contributed by atoms with van der Waals surface area (Å²) in [4.78, 5) is 31.4. The number of fused-ring (bicyclic) bond motifs is 1. The first-order chi connectivity index (χ1) is 15.9. The fourth-order valence-corrected chi connectivity index (χ4v) is 4.88. The zero-order valence-corrected chi connectivity index (χ0v) is 19.5. The molecule has 2 heterocycles. The van der Waals surface area contributed by atoms with Gasteiger partial charge < -0.3 is 9.47 Å². The van der Waals surface area contributed by atoms with E-state index in [-0.39, 0.29) is 28.9 Å². The number of carbonyl (C=O) groups excluding carboxylic acids is 1. The Morgan fingerprint density at radius 2 is 1.94 bits per heavy atom. The summed E-state index contributed by atoms with van der Waals surface area (Å²) in [5.74, 6) is -1.05. The van der Waals surface area contributed by atoms with Crippen LogP contribution in [0.4, 0.5) is 4.39 Å². The van der Waals surface area contributed by atoms with Crippen molar-refractivity contribution in [3.63, 3.8) is 0 Å². The molecule has 0 spiro atoms. The summed E-state index contributed by atoms with van der Waals surface area (Å²) in [6, 6.07) is 12.3. The van der Waals surface area contributed by atoms with E-state index in [0.29, 0.717) is 21.1 Å². The van der Waals surface area contributed by atoms with Crippen molar-refractivity contribution in [1.29, 1.82) is 0 Å². The molecule has 0 bridgehead atoms. The minimum Gasteiger partial charge on any atom is -0.460 e. The van der Waals surface area contributed by atoms with Gasteiger partial charge in [-0.15, -0.1) is 0 Å². The summed E-state index contributed by atoms with van der Waals surface area (Å²) in [5, 5.41) is 0.392. The standard InChI is InChI=1S/C24H20ClFN2O4S/c1-14-20(23(30)32-12-11-31-2)21(16-8-4-5-9-17(16)25)28-22(29)19(33-24(28)27-14)13-15-7-3-6-10-18(15)26/h3-10,13,21H,11-12H2,1-2H3. The largest absolute Gasteiger partial charge is 0.460 e. The molecule has 0 aliphatic carbocycles. The number of allylic oxidation sites excluding steroid dienone is 1. The lowest BCUT2D eigenvalue weighted by Crippen LogP contribution is -2.40. The predicted molar refractivity (Wildman–Crippen MR) is 124 cm³/mol. The molecule has 0 radical (unpaired) electrons. The zero-order chi connectivity index (χ0) is 23.5. The van der Waals surface area contributed by atoms with Crippen LogP contribution in [0, 0.1) is 5.82 Å². The predicted octanol–water partition coefficient (Wildman–Crippen LogP) is 3.22. The molecule has 0 fully saturated rings. The third-order valence-electron chi connectivity index (χ3n) is 5.15. The molecule has 4 rings (SSSR count). The van der Waals surface area contributed by atoms with E-state index in [0.717, 1.165) is 11.3 Å². The molecule has 1 unspecified atom stereocenters. The van der Waals surface area contributed by atoms with E-state index in [2.05, 4.69) is 4.99 Å². The quantitative estimate of drug-likeness (QED) is 0.396. The highest BCUT2D eigenvalue weighted by atomic mass is 35.5. The number of benzene rings is 2. The maximum Gasteiger partial charge on any atom is 0.338 e. The van der Waals surface area contributed by atoms with Crippen LogP contribution in [0.25, 0.3) is 6.08 Å². The van der Waals surface area contributed by atoms with Crippen LogP contribution in [0.1, 0.15) is 24.1 Å². The van der Waals surface area contributed by atoms with Crippen molar-refractivity contribution in [3.8, 4) is 0 Å². The highest BCUT2D eigenvalue weighted by molar-refractivity contribution is 7.07. The molecular weight excluding hydrogens is 467 g/mol. The third kappa shape index (κ3) is 4.55. The van der Waals surface area contributed by atoms with E-state index in [1.807, 2.05) is 0 Å². The number of hydrogen-bond acceptors (Lipinski definition) is 6. The molecule has 1 aliphatic rings. The number of thiazole rings is 1. The summed E-state index contributed by atoms with van der Waals surface area (Å²) in [7, 11) is 1.51. The summed E-state index contributed by atoms with van der Waals surface area (Å²) in [6.07, 6.45) is 1.48. The van der Waals surface area contributed by atoms with Gasteiger partial charge >= 0.3 is 5.97 Å². The van der Waals surface area contributed by atoms with Crippen LogP contribution >= 0.6 is 22.9 Å². The van der Waals surface area contributed by atoms with Gasteiger partial charge in [0.1, 0.15) is 18.5 Å². The van der Waals surface area contributed by atoms with Crippen LogP contribution in [0.15, 0.2) is 69.6 Å². The van der Waals surface area contributed by atoms with Crippen LogP contribution < -0.4 is 14.9 Å².